The Morgan fingerprint density at radius 2 is 1.38 bits per heavy atom. The van der Waals surface area contributed by atoms with Crippen LogP contribution in [0, 0.1) is 0 Å². The number of hydrogen-bond donors (Lipinski definition) is 0. The molecule has 0 bridgehead atoms. The van der Waals surface area contributed by atoms with Gasteiger partial charge in [0.2, 0.25) is 0 Å². The molecule has 4 nitrogen and oxygen atoms in total. The molecule has 2 aliphatic rings. The summed E-state index contributed by atoms with van der Waals surface area (Å²) >= 11 is 0. The Balaban J connectivity index is 1.83. The highest BCUT2D eigenvalue weighted by atomic mass is 16.7. The number of rotatable bonds is 6. The molecule has 2 aliphatic heterocycles. The van der Waals surface area contributed by atoms with Gasteiger partial charge in [-0.15, -0.1) is 0 Å². The first kappa shape index (κ1) is 12.4. The molecule has 2 heterocycles. The van der Waals surface area contributed by atoms with E-state index in [0.717, 1.165) is 6.42 Å². The van der Waals surface area contributed by atoms with E-state index in [1.165, 1.54) is 19.3 Å². The van der Waals surface area contributed by atoms with E-state index >= 15 is 0 Å². The zero-order valence-corrected chi connectivity index (χ0v) is 10.0. The monoisotopic (exact) mass is 226 g/mol. The first-order valence-electron chi connectivity index (χ1n) is 6.38. The molecule has 6 heteroatoms. The molecule has 16 heavy (non-hydrogen) atoms. The van der Waals surface area contributed by atoms with Gasteiger partial charge < -0.3 is 18.6 Å². The second-order valence-electron chi connectivity index (χ2n) is 4.38. The maximum absolute atomic E-state index is 5.58. The van der Waals surface area contributed by atoms with Gasteiger partial charge in [-0.2, -0.15) is 0 Å². The predicted molar refractivity (Wildman–Crippen MR) is 63.2 cm³/mol. The lowest BCUT2D eigenvalue weighted by molar-refractivity contribution is 0.326. The molecule has 0 atom stereocenters. The first-order chi connectivity index (χ1) is 7.92. The summed E-state index contributed by atoms with van der Waals surface area (Å²) in [7, 11) is -0.250. The molecular weight excluding hydrogens is 206 g/mol. The highest BCUT2D eigenvalue weighted by molar-refractivity contribution is 6.68. The molecule has 0 radical (unpaired) electrons. The molecule has 0 aromatic rings. The van der Waals surface area contributed by atoms with E-state index in [1.807, 2.05) is 0 Å². The van der Waals surface area contributed by atoms with E-state index in [-0.39, 0.29) is 20.0 Å². The standard InChI is InChI=1S/C10H20B2O4/c1-2-3-4-5-10(11-13-6-7-14-11)12-15-8-9-16-12/h10H,2-9H2,1H3. The lowest BCUT2D eigenvalue weighted by atomic mass is 9.50. The number of unbranched alkanes of at least 4 members (excludes halogenated alkanes) is 2. The first-order valence-corrected chi connectivity index (χ1v) is 6.38. The molecule has 2 fully saturated rings. The van der Waals surface area contributed by atoms with Crippen molar-refractivity contribution in [2.24, 2.45) is 0 Å². The fourth-order valence-electron chi connectivity index (χ4n) is 2.28. The average Bonchev–Trinajstić information content (AvgIpc) is 2.97. The van der Waals surface area contributed by atoms with Crippen LogP contribution in [0.4, 0.5) is 0 Å². The molecule has 0 unspecified atom stereocenters. The highest BCUT2D eigenvalue weighted by Gasteiger charge is 2.45. The van der Waals surface area contributed by atoms with Crippen molar-refractivity contribution in [1.82, 2.24) is 0 Å². The van der Waals surface area contributed by atoms with E-state index in [2.05, 4.69) is 6.92 Å². The Kier molecular flexibility index (Phi) is 5.16. The average molecular weight is 226 g/mol. The molecule has 0 amide bonds. The van der Waals surface area contributed by atoms with Gasteiger partial charge in [-0.05, 0) is 0 Å². The van der Waals surface area contributed by atoms with Gasteiger partial charge in [0, 0.05) is 5.72 Å². The van der Waals surface area contributed by atoms with Crippen molar-refractivity contribution in [2.45, 2.75) is 38.3 Å². The Morgan fingerprint density at radius 3 is 1.81 bits per heavy atom. The summed E-state index contributed by atoms with van der Waals surface area (Å²) in [6, 6.07) is 0. The molecule has 0 aliphatic carbocycles. The van der Waals surface area contributed by atoms with Crippen LogP contribution < -0.4 is 0 Å². The van der Waals surface area contributed by atoms with Crippen LogP contribution in [0.15, 0.2) is 0 Å². The van der Waals surface area contributed by atoms with Crippen molar-refractivity contribution >= 4 is 14.2 Å². The molecule has 0 saturated carbocycles. The minimum absolute atomic E-state index is 0.125. The SMILES string of the molecule is CCCCCC(B1OCCO1)B1OCCO1. The topological polar surface area (TPSA) is 36.9 Å². The van der Waals surface area contributed by atoms with Gasteiger partial charge in [0.1, 0.15) is 0 Å². The lowest BCUT2D eigenvalue weighted by Crippen LogP contribution is -2.36. The third-order valence-corrected chi connectivity index (χ3v) is 3.14. The second kappa shape index (κ2) is 6.64. The Labute approximate surface area is 98.3 Å². The van der Waals surface area contributed by atoms with E-state index in [9.17, 15) is 0 Å². The molecule has 0 spiro atoms. The zero-order valence-electron chi connectivity index (χ0n) is 10.0. The summed E-state index contributed by atoms with van der Waals surface area (Å²) in [5.41, 5.74) is 0.233. The van der Waals surface area contributed by atoms with E-state index in [0.29, 0.717) is 26.4 Å². The van der Waals surface area contributed by atoms with Crippen molar-refractivity contribution in [2.75, 3.05) is 26.4 Å². The van der Waals surface area contributed by atoms with Gasteiger partial charge in [-0.3, -0.25) is 0 Å². The van der Waals surface area contributed by atoms with Crippen LogP contribution in [0.2, 0.25) is 5.72 Å². The van der Waals surface area contributed by atoms with Gasteiger partial charge in [0.25, 0.3) is 0 Å². The summed E-state index contributed by atoms with van der Waals surface area (Å²) in [5, 5.41) is 0. The van der Waals surface area contributed by atoms with Crippen molar-refractivity contribution in [3.05, 3.63) is 0 Å². The maximum Gasteiger partial charge on any atom is 0.458 e. The Hall–Kier alpha value is -0.0301. The van der Waals surface area contributed by atoms with Gasteiger partial charge >= 0.3 is 14.2 Å². The number of hydrogen-bond acceptors (Lipinski definition) is 4. The smallest absolute Gasteiger partial charge is 0.409 e. The van der Waals surface area contributed by atoms with Crippen molar-refractivity contribution in [1.29, 1.82) is 0 Å². The van der Waals surface area contributed by atoms with Crippen LogP contribution in [-0.4, -0.2) is 40.7 Å². The van der Waals surface area contributed by atoms with Crippen LogP contribution in [0.5, 0.6) is 0 Å². The van der Waals surface area contributed by atoms with Crippen molar-refractivity contribution in [3.63, 3.8) is 0 Å². The quantitative estimate of drug-likeness (QED) is 0.508. The molecule has 90 valence electrons. The molecule has 0 N–H and O–H groups in total. The zero-order chi connectivity index (χ0) is 11.2. The molecule has 0 aromatic heterocycles. The van der Waals surface area contributed by atoms with E-state index in [4.69, 9.17) is 18.6 Å². The molecular formula is C10H20B2O4. The highest BCUT2D eigenvalue weighted by Crippen LogP contribution is 2.28. The minimum atomic E-state index is -0.125. The summed E-state index contributed by atoms with van der Waals surface area (Å²) in [6.07, 6.45) is 4.72. The van der Waals surface area contributed by atoms with E-state index in [1.54, 1.807) is 0 Å². The van der Waals surface area contributed by atoms with Crippen LogP contribution in [0.25, 0.3) is 0 Å². The fraction of sp³-hybridized carbons (Fsp3) is 1.00. The van der Waals surface area contributed by atoms with Crippen LogP contribution in [-0.2, 0) is 18.6 Å². The maximum atomic E-state index is 5.58. The minimum Gasteiger partial charge on any atom is -0.409 e. The van der Waals surface area contributed by atoms with E-state index < -0.39 is 0 Å². The Morgan fingerprint density at radius 1 is 0.875 bits per heavy atom. The molecule has 0 aromatic carbocycles. The van der Waals surface area contributed by atoms with Crippen LogP contribution in [0.1, 0.15) is 32.6 Å². The largest absolute Gasteiger partial charge is 0.458 e. The van der Waals surface area contributed by atoms with Gasteiger partial charge in [0.05, 0.1) is 26.4 Å². The Bertz CT molecular complexity index is 177. The van der Waals surface area contributed by atoms with Crippen molar-refractivity contribution < 1.29 is 18.6 Å². The third-order valence-electron chi connectivity index (χ3n) is 3.14. The van der Waals surface area contributed by atoms with Crippen LogP contribution in [0.3, 0.4) is 0 Å². The summed E-state index contributed by atoms with van der Waals surface area (Å²) in [6.45, 7) is 4.99. The van der Waals surface area contributed by atoms with Gasteiger partial charge in [0.15, 0.2) is 0 Å². The van der Waals surface area contributed by atoms with Gasteiger partial charge in [-0.1, -0.05) is 32.6 Å². The summed E-state index contributed by atoms with van der Waals surface area (Å²) in [4.78, 5) is 0. The fourth-order valence-corrected chi connectivity index (χ4v) is 2.28. The predicted octanol–water partition coefficient (Wildman–Crippen LogP) is 1.55. The lowest BCUT2D eigenvalue weighted by Gasteiger charge is -2.19. The summed E-state index contributed by atoms with van der Waals surface area (Å²) < 4.78 is 22.3. The molecule has 2 saturated heterocycles. The van der Waals surface area contributed by atoms with Crippen molar-refractivity contribution in [3.8, 4) is 0 Å². The third kappa shape index (κ3) is 3.23. The second-order valence-corrected chi connectivity index (χ2v) is 4.38. The van der Waals surface area contributed by atoms with Crippen LogP contribution >= 0.6 is 0 Å². The molecule has 2 rings (SSSR count). The van der Waals surface area contributed by atoms with Gasteiger partial charge in [-0.25, -0.2) is 0 Å². The summed E-state index contributed by atoms with van der Waals surface area (Å²) in [5.74, 6) is 0. The normalized spacial score (nSPS) is 21.4.